The Morgan fingerprint density at radius 1 is 1.47 bits per heavy atom. The van der Waals surface area contributed by atoms with Gasteiger partial charge in [-0.3, -0.25) is 4.79 Å². The number of thioether (sulfide) groups is 1. The number of rotatable bonds is 6. The zero-order chi connectivity index (χ0) is 14.4. The van der Waals surface area contributed by atoms with E-state index < -0.39 is 17.9 Å². The number of amides is 1. The van der Waals surface area contributed by atoms with Gasteiger partial charge in [-0.1, -0.05) is 13.8 Å². The van der Waals surface area contributed by atoms with Gasteiger partial charge in [-0.2, -0.15) is 0 Å². The van der Waals surface area contributed by atoms with Gasteiger partial charge in [0, 0.05) is 6.20 Å². The van der Waals surface area contributed by atoms with Crippen molar-refractivity contribution in [1.29, 1.82) is 0 Å². The second-order valence-corrected chi connectivity index (χ2v) is 5.33. The van der Waals surface area contributed by atoms with Crippen LogP contribution in [0, 0.1) is 5.92 Å². The van der Waals surface area contributed by atoms with Crippen LogP contribution in [-0.4, -0.2) is 29.2 Å². The van der Waals surface area contributed by atoms with Gasteiger partial charge in [0.1, 0.15) is 5.03 Å². The molecule has 1 heterocycles. The number of hydrogen-bond acceptors (Lipinski definition) is 5. The van der Waals surface area contributed by atoms with Crippen molar-refractivity contribution in [3.8, 4) is 0 Å². The van der Waals surface area contributed by atoms with E-state index in [0.29, 0.717) is 17.0 Å². The Morgan fingerprint density at radius 3 is 2.68 bits per heavy atom. The van der Waals surface area contributed by atoms with Crippen molar-refractivity contribution in [3.05, 3.63) is 23.9 Å². The second-order valence-electron chi connectivity index (χ2n) is 4.53. The summed E-state index contributed by atoms with van der Waals surface area (Å²) >= 11 is 1.34. The second kappa shape index (κ2) is 7.13. The van der Waals surface area contributed by atoms with E-state index in [4.69, 9.17) is 0 Å². The van der Waals surface area contributed by atoms with Crippen molar-refractivity contribution in [1.82, 2.24) is 10.3 Å². The van der Waals surface area contributed by atoms with E-state index in [-0.39, 0.29) is 5.92 Å². The summed E-state index contributed by atoms with van der Waals surface area (Å²) in [5.41, 5.74) is 0.380. The lowest BCUT2D eigenvalue weighted by Gasteiger charge is -2.21. The summed E-state index contributed by atoms with van der Waals surface area (Å²) in [6.45, 7) is 3.78. The normalized spacial score (nSPS) is 12.2. The largest absolute Gasteiger partial charge is 0.548 e. The molecule has 0 bridgehead atoms. The van der Waals surface area contributed by atoms with Crippen molar-refractivity contribution < 1.29 is 14.7 Å². The molecule has 1 N–H and O–H groups in total. The highest BCUT2D eigenvalue weighted by molar-refractivity contribution is 7.98. The van der Waals surface area contributed by atoms with Crippen LogP contribution in [0.3, 0.4) is 0 Å². The van der Waals surface area contributed by atoms with E-state index in [1.54, 1.807) is 18.3 Å². The summed E-state index contributed by atoms with van der Waals surface area (Å²) in [6.07, 6.45) is 3.74. The summed E-state index contributed by atoms with van der Waals surface area (Å²) < 4.78 is 0. The molecule has 0 saturated carbocycles. The highest BCUT2D eigenvalue weighted by Crippen LogP contribution is 2.17. The van der Waals surface area contributed by atoms with Crippen molar-refractivity contribution in [3.63, 3.8) is 0 Å². The van der Waals surface area contributed by atoms with E-state index in [2.05, 4.69) is 10.3 Å². The number of carbonyl (C=O) groups excluding carboxylic acids is 2. The van der Waals surface area contributed by atoms with Crippen molar-refractivity contribution in [2.24, 2.45) is 5.92 Å². The fourth-order valence-electron chi connectivity index (χ4n) is 1.65. The number of carbonyl (C=O) groups is 2. The molecule has 0 aromatic carbocycles. The zero-order valence-electron chi connectivity index (χ0n) is 11.2. The molecule has 1 atom stereocenters. The minimum atomic E-state index is -1.27. The molecule has 0 radical (unpaired) electrons. The third kappa shape index (κ3) is 4.55. The number of hydrogen-bond donors (Lipinski definition) is 1. The van der Waals surface area contributed by atoms with Crippen LogP contribution in [-0.2, 0) is 4.79 Å². The molecular formula is C13H17N2O3S-. The number of nitrogens with zero attached hydrogens (tertiary/aromatic N) is 1. The van der Waals surface area contributed by atoms with E-state index in [1.165, 1.54) is 11.8 Å². The molecule has 0 fully saturated rings. The Morgan fingerprint density at radius 2 is 2.16 bits per heavy atom. The van der Waals surface area contributed by atoms with Gasteiger partial charge in [0.25, 0.3) is 5.91 Å². The molecular weight excluding hydrogens is 264 g/mol. The minimum absolute atomic E-state index is 0.150. The predicted octanol–water partition coefficient (Wildman–Crippen LogP) is 0.698. The predicted molar refractivity (Wildman–Crippen MR) is 71.7 cm³/mol. The third-order valence-corrected chi connectivity index (χ3v) is 3.22. The number of pyridine rings is 1. The Labute approximate surface area is 116 Å². The van der Waals surface area contributed by atoms with Crippen LogP contribution in [0.5, 0.6) is 0 Å². The van der Waals surface area contributed by atoms with Crippen LogP contribution >= 0.6 is 11.8 Å². The summed E-state index contributed by atoms with van der Waals surface area (Å²) in [5, 5.41) is 14.1. The molecule has 1 aromatic rings. The van der Waals surface area contributed by atoms with E-state index >= 15 is 0 Å². The molecule has 5 nitrogen and oxygen atoms in total. The lowest BCUT2D eigenvalue weighted by molar-refractivity contribution is -0.308. The SMILES string of the molecule is CSc1ncccc1C(=O)N[C@@H](CC(C)C)C(=O)[O-]. The molecule has 1 aromatic heterocycles. The number of aromatic nitrogens is 1. The Hall–Kier alpha value is -1.56. The minimum Gasteiger partial charge on any atom is -0.548 e. The fourth-order valence-corrected chi connectivity index (χ4v) is 2.19. The molecule has 0 unspecified atom stereocenters. The monoisotopic (exact) mass is 281 g/mol. The van der Waals surface area contributed by atoms with Crippen molar-refractivity contribution in [2.45, 2.75) is 31.3 Å². The number of carboxylic acid groups (broad SMARTS) is 1. The summed E-state index contributed by atoms with van der Waals surface area (Å²) in [4.78, 5) is 27.1. The topological polar surface area (TPSA) is 82.1 Å². The first kappa shape index (κ1) is 15.5. The number of nitrogens with one attached hydrogen (secondary N) is 1. The molecule has 6 heteroatoms. The molecule has 0 aliphatic rings. The average Bonchev–Trinajstić information content (AvgIpc) is 2.37. The Bertz CT molecular complexity index is 463. The number of carboxylic acids is 1. The van der Waals surface area contributed by atoms with Crippen LogP contribution < -0.4 is 10.4 Å². The highest BCUT2D eigenvalue weighted by atomic mass is 32.2. The zero-order valence-corrected chi connectivity index (χ0v) is 12.0. The van der Waals surface area contributed by atoms with Gasteiger partial charge in [-0.05, 0) is 30.7 Å². The lowest BCUT2D eigenvalue weighted by Crippen LogP contribution is -2.48. The summed E-state index contributed by atoms with van der Waals surface area (Å²) in [5.74, 6) is -1.55. The fraction of sp³-hybridized carbons (Fsp3) is 0.462. The molecule has 19 heavy (non-hydrogen) atoms. The maximum Gasteiger partial charge on any atom is 0.254 e. The lowest BCUT2D eigenvalue weighted by atomic mass is 10.0. The summed E-state index contributed by atoms with van der Waals surface area (Å²) in [6, 6.07) is 2.28. The van der Waals surface area contributed by atoms with E-state index in [1.807, 2.05) is 20.1 Å². The van der Waals surface area contributed by atoms with Gasteiger partial charge in [0.2, 0.25) is 0 Å². The molecule has 0 aliphatic carbocycles. The summed E-state index contributed by atoms with van der Waals surface area (Å²) in [7, 11) is 0. The third-order valence-electron chi connectivity index (χ3n) is 2.51. The van der Waals surface area contributed by atoms with Crippen LogP contribution in [0.25, 0.3) is 0 Å². The number of aliphatic carboxylic acids is 1. The van der Waals surface area contributed by atoms with Crippen LogP contribution in [0.2, 0.25) is 0 Å². The van der Waals surface area contributed by atoms with Crippen LogP contribution in [0.4, 0.5) is 0 Å². The maximum atomic E-state index is 12.1. The van der Waals surface area contributed by atoms with E-state index in [0.717, 1.165) is 0 Å². The maximum absolute atomic E-state index is 12.1. The van der Waals surface area contributed by atoms with Crippen molar-refractivity contribution in [2.75, 3.05) is 6.26 Å². The molecule has 104 valence electrons. The van der Waals surface area contributed by atoms with Crippen LogP contribution in [0.15, 0.2) is 23.4 Å². The standard InChI is InChI=1S/C13H18N2O3S/c1-8(2)7-10(13(17)18)15-11(16)9-5-4-6-14-12(9)19-3/h4-6,8,10H,7H2,1-3H3,(H,15,16)(H,17,18)/p-1/t10-/m0/s1. The average molecular weight is 281 g/mol. The van der Waals surface area contributed by atoms with Gasteiger partial charge < -0.3 is 15.2 Å². The van der Waals surface area contributed by atoms with Gasteiger partial charge in [0.15, 0.2) is 0 Å². The Balaban J connectivity index is 2.84. The molecule has 0 aliphatic heterocycles. The highest BCUT2D eigenvalue weighted by Gasteiger charge is 2.18. The molecule has 1 rings (SSSR count). The van der Waals surface area contributed by atoms with Gasteiger partial charge in [-0.15, -0.1) is 11.8 Å². The molecule has 0 spiro atoms. The van der Waals surface area contributed by atoms with Crippen molar-refractivity contribution >= 4 is 23.6 Å². The first-order valence-electron chi connectivity index (χ1n) is 5.96. The van der Waals surface area contributed by atoms with Gasteiger partial charge >= 0.3 is 0 Å². The smallest absolute Gasteiger partial charge is 0.254 e. The quantitative estimate of drug-likeness (QED) is 0.776. The van der Waals surface area contributed by atoms with Crippen LogP contribution in [0.1, 0.15) is 30.6 Å². The van der Waals surface area contributed by atoms with E-state index in [9.17, 15) is 14.7 Å². The molecule has 0 saturated heterocycles. The first-order chi connectivity index (χ1) is 8.95. The van der Waals surface area contributed by atoms with Gasteiger partial charge in [-0.25, -0.2) is 4.98 Å². The first-order valence-corrected chi connectivity index (χ1v) is 7.19. The van der Waals surface area contributed by atoms with Gasteiger partial charge in [0.05, 0.1) is 17.6 Å². The Kier molecular flexibility index (Phi) is 5.82. The molecule has 1 amide bonds.